The summed E-state index contributed by atoms with van der Waals surface area (Å²) < 4.78 is 26.0. The predicted molar refractivity (Wildman–Crippen MR) is 79.2 cm³/mol. The second-order valence-corrected chi connectivity index (χ2v) is 4.71. The number of halogens is 2. The highest BCUT2D eigenvalue weighted by Gasteiger charge is 2.04. The molecule has 0 bridgehead atoms. The lowest BCUT2D eigenvalue weighted by Gasteiger charge is -2.10. The first kappa shape index (κ1) is 15.2. The van der Waals surface area contributed by atoms with E-state index in [2.05, 4.69) is 27.5 Å². The van der Waals surface area contributed by atoms with Gasteiger partial charge in [-0.05, 0) is 31.0 Å². The fraction of sp³-hybridized carbons (Fsp3) is 0.333. The molecule has 6 heteroatoms. The van der Waals surface area contributed by atoms with Crippen molar-refractivity contribution in [3.8, 4) is 0 Å². The van der Waals surface area contributed by atoms with Gasteiger partial charge in [0.25, 0.3) is 0 Å². The molecule has 0 spiro atoms. The number of rotatable bonds is 6. The zero-order chi connectivity index (χ0) is 15.2. The zero-order valence-electron chi connectivity index (χ0n) is 12.1. The molecule has 0 fully saturated rings. The summed E-state index contributed by atoms with van der Waals surface area (Å²) in [6.07, 6.45) is 1.00. The number of nitrogens with one attached hydrogen (secondary N) is 2. The van der Waals surface area contributed by atoms with E-state index in [-0.39, 0.29) is 0 Å². The Labute approximate surface area is 122 Å². The Bertz CT molecular complexity index is 617. The Kier molecular flexibility index (Phi) is 5.03. The molecule has 21 heavy (non-hydrogen) atoms. The van der Waals surface area contributed by atoms with E-state index in [1.54, 1.807) is 13.0 Å². The SMILES string of the molecule is CCCNc1cc(NCc2ccc(F)c(F)c2)nc(C)n1. The van der Waals surface area contributed by atoms with E-state index in [0.717, 1.165) is 24.8 Å². The molecular weight excluding hydrogens is 274 g/mol. The Balaban J connectivity index is 2.05. The average molecular weight is 292 g/mol. The summed E-state index contributed by atoms with van der Waals surface area (Å²) in [5.41, 5.74) is 0.647. The van der Waals surface area contributed by atoms with Crippen LogP contribution in [-0.4, -0.2) is 16.5 Å². The maximum atomic E-state index is 13.1. The maximum Gasteiger partial charge on any atom is 0.159 e. The highest BCUT2D eigenvalue weighted by molar-refractivity contribution is 5.47. The molecule has 0 aliphatic rings. The third-order valence-electron chi connectivity index (χ3n) is 2.85. The van der Waals surface area contributed by atoms with Gasteiger partial charge in [-0.15, -0.1) is 0 Å². The first-order chi connectivity index (χ1) is 10.1. The number of aryl methyl sites for hydroxylation is 1. The molecule has 2 aromatic rings. The number of anilines is 2. The highest BCUT2D eigenvalue weighted by atomic mass is 19.2. The Hall–Kier alpha value is -2.24. The van der Waals surface area contributed by atoms with Crippen molar-refractivity contribution in [2.75, 3.05) is 17.2 Å². The highest BCUT2D eigenvalue weighted by Crippen LogP contribution is 2.14. The molecule has 4 nitrogen and oxygen atoms in total. The number of benzene rings is 1. The second-order valence-electron chi connectivity index (χ2n) is 4.71. The van der Waals surface area contributed by atoms with E-state index in [9.17, 15) is 8.78 Å². The smallest absolute Gasteiger partial charge is 0.159 e. The van der Waals surface area contributed by atoms with Gasteiger partial charge >= 0.3 is 0 Å². The predicted octanol–water partition coefficient (Wildman–Crippen LogP) is 3.50. The summed E-state index contributed by atoms with van der Waals surface area (Å²) in [4.78, 5) is 8.55. The van der Waals surface area contributed by atoms with Crippen molar-refractivity contribution in [3.63, 3.8) is 0 Å². The Morgan fingerprint density at radius 3 is 2.38 bits per heavy atom. The van der Waals surface area contributed by atoms with Crippen molar-refractivity contribution < 1.29 is 8.78 Å². The van der Waals surface area contributed by atoms with Gasteiger partial charge in [0, 0.05) is 19.2 Å². The van der Waals surface area contributed by atoms with E-state index in [1.807, 2.05) is 0 Å². The van der Waals surface area contributed by atoms with Crippen LogP contribution in [0.5, 0.6) is 0 Å². The van der Waals surface area contributed by atoms with Gasteiger partial charge in [-0.2, -0.15) is 0 Å². The second kappa shape index (κ2) is 6.97. The van der Waals surface area contributed by atoms with E-state index in [0.29, 0.717) is 23.8 Å². The van der Waals surface area contributed by atoms with Gasteiger partial charge < -0.3 is 10.6 Å². The van der Waals surface area contributed by atoms with Crippen LogP contribution in [-0.2, 0) is 6.54 Å². The summed E-state index contributed by atoms with van der Waals surface area (Å²) in [7, 11) is 0. The third-order valence-corrected chi connectivity index (χ3v) is 2.85. The van der Waals surface area contributed by atoms with Crippen LogP contribution in [0.25, 0.3) is 0 Å². The van der Waals surface area contributed by atoms with Crippen molar-refractivity contribution in [3.05, 3.63) is 47.3 Å². The summed E-state index contributed by atoms with van der Waals surface area (Å²) in [5.74, 6) is 0.341. The summed E-state index contributed by atoms with van der Waals surface area (Å²) in [6.45, 7) is 5.07. The van der Waals surface area contributed by atoms with Crippen molar-refractivity contribution in [2.45, 2.75) is 26.8 Å². The van der Waals surface area contributed by atoms with E-state index in [1.165, 1.54) is 12.1 Å². The molecule has 0 amide bonds. The fourth-order valence-electron chi connectivity index (χ4n) is 1.84. The van der Waals surface area contributed by atoms with Crippen molar-refractivity contribution in [1.29, 1.82) is 0 Å². The number of hydrogen-bond donors (Lipinski definition) is 2. The van der Waals surface area contributed by atoms with Gasteiger partial charge in [0.2, 0.25) is 0 Å². The molecule has 1 heterocycles. The fourth-order valence-corrected chi connectivity index (χ4v) is 1.84. The van der Waals surface area contributed by atoms with Crippen LogP contribution >= 0.6 is 0 Å². The largest absolute Gasteiger partial charge is 0.370 e. The lowest BCUT2D eigenvalue weighted by Crippen LogP contribution is -2.07. The van der Waals surface area contributed by atoms with Crippen LogP contribution in [0.1, 0.15) is 24.7 Å². The standard InChI is InChI=1S/C15H18F2N4/c1-3-6-18-14-8-15(21-10(2)20-14)19-9-11-4-5-12(16)13(17)7-11/h4-5,7-8H,3,6,9H2,1-2H3,(H2,18,19,20,21). The van der Waals surface area contributed by atoms with Crippen LogP contribution in [0.15, 0.2) is 24.3 Å². The molecule has 1 aromatic heterocycles. The summed E-state index contributed by atoms with van der Waals surface area (Å²) in [5, 5.41) is 6.27. The van der Waals surface area contributed by atoms with Crippen molar-refractivity contribution in [2.24, 2.45) is 0 Å². The molecule has 1 aromatic carbocycles. The number of nitrogens with zero attached hydrogens (tertiary/aromatic N) is 2. The normalized spacial score (nSPS) is 10.5. The van der Waals surface area contributed by atoms with E-state index in [4.69, 9.17) is 0 Å². The number of hydrogen-bond acceptors (Lipinski definition) is 4. The first-order valence-corrected chi connectivity index (χ1v) is 6.86. The van der Waals surface area contributed by atoms with Gasteiger partial charge in [-0.25, -0.2) is 18.7 Å². The molecule has 112 valence electrons. The molecule has 0 aliphatic heterocycles. The summed E-state index contributed by atoms with van der Waals surface area (Å²) >= 11 is 0. The minimum absolute atomic E-state index is 0.362. The van der Waals surface area contributed by atoms with E-state index < -0.39 is 11.6 Å². The lowest BCUT2D eigenvalue weighted by atomic mass is 10.2. The first-order valence-electron chi connectivity index (χ1n) is 6.86. The van der Waals surface area contributed by atoms with Gasteiger partial charge in [0.05, 0.1) is 0 Å². The molecule has 2 N–H and O–H groups in total. The van der Waals surface area contributed by atoms with Crippen molar-refractivity contribution >= 4 is 11.6 Å². The Morgan fingerprint density at radius 2 is 1.71 bits per heavy atom. The minimum atomic E-state index is -0.849. The van der Waals surface area contributed by atoms with Crippen LogP contribution < -0.4 is 10.6 Å². The van der Waals surface area contributed by atoms with Crippen LogP contribution in [0, 0.1) is 18.6 Å². The molecule has 2 rings (SSSR count). The van der Waals surface area contributed by atoms with Crippen LogP contribution in [0.4, 0.5) is 20.4 Å². The lowest BCUT2D eigenvalue weighted by molar-refractivity contribution is 0.507. The topological polar surface area (TPSA) is 49.8 Å². The molecule has 0 saturated carbocycles. The average Bonchev–Trinajstić information content (AvgIpc) is 2.46. The molecule has 0 unspecified atom stereocenters. The molecule has 0 aliphatic carbocycles. The summed E-state index contributed by atoms with van der Waals surface area (Å²) in [6, 6.07) is 5.62. The Morgan fingerprint density at radius 1 is 1.00 bits per heavy atom. The number of aromatic nitrogens is 2. The van der Waals surface area contributed by atoms with Crippen LogP contribution in [0.2, 0.25) is 0 Å². The van der Waals surface area contributed by atoms with Gasteiger partial charge in [0.1, 0.15) is 17.5 Å². The zero-order valence-corrected chi connectivity index (χ0v) is 12.1. The third kappa shape index (κ3) is 4.37. The van der Waals surface area contributed by atoms with Gasteiger partial charge in [-0.3, -0.25) is 0 Å². The maximum absolute atomic E-state index is 13.1. The molecule has 0 saturated heterocycles. The van der Waals surface area contributed by atoms with Crippen LogP contribution in [0.3, 0.4) is 0 Å². The molecule has 0 radical (unpaired) electrons. The van der Waals surface area contributed by atoms with Crippen molar-refractivity contribution in [1.82, 2.24) is 9.97 Å². The van der Waals surface area contributed by atoms with Gasteiger partial charge in [0.15, 0.2) is 11.6 Å². The van der Waals surface area contributed by atoms with Gasteiger partial charge in [-0.1, -0.05) is 13.0 Å². The molecular formula is C15H18F2N4. The quantitative estimate of drug-likeness (QED) is 0.855. The molecule has 0 atom stereocenters. The van der Waals surface area contributed by atoms with E-state index >= 15 is 0 Å². The monoisotopic (exact) mass is 292 g/mol. The minimum Gasteiger partial charge on any atom is -0.370 e.